The van der Waals surface area contributed by atoms with E-state index in [2.05, 4.69) is 40.8 Å². The van der Waals surface area contributed by atoms with Crippen molar-refractivity contribution < 1.29 is 9.53 Å². The number of rotatable bonds is 4. The Morgan fingerprint density at radius 1 is 1.29 bits per heavy atom. The van der Waals surface area contributed by atoms with Gasteiger partial charge in [0, 0.05) is 36.6 Å². The van der Waals surface area contributed by atoms with E-state index in [4.69, 9.17) is 10.5 Å². The molecule has 1 saturated heterocycles. The van der Waals surface area contributed by atoms with Gasteiger partial charge in [-0.15, -0.1) is 0 Å². The highest BCUT2D eigenvalue weighted by Crippen LogP contribution is 2.26. The van der Waals surface area contributed by atoms with E-state index in [1.54, 1.807) is 0 Å². The van der Waals surface area contributed by atoms with E-state index >= 15 is 0 Å². The van der Waals surface area contributed by atoms with Crippen LogP contribution in [0.3, 0.4) is 0 Å². The molecule has 4 N–H and O–H groups in total. The van der Waals surface area contributed by atoms with Crippen LogP contribution in [0.4, 0.5) is 0 Å². The van der Waals surface area contributed by atoms with Crippen molar-refractivity contribution in [1.29, 1.82) is 0 Å². The number of nitrogens with two attached hydrogens (primary N) is 1. The number of benzene rings is 1. The third-order valence-electron chi connectivity index (χ3n) is 5.02. The van der Waals surface area contributed by atoms with Gasteiger partial charge < -0.3 is 20.4 Å². The topological polar surface area (TPSA) is 104 Å². The summed E-state index contributed by atoms with van der Waals surface area (Å²) in [6.07, 6.45) is 0.421. The summed E-state index contributed by atoms with van der Waals surface area (Å²) in [7, 11) is 0. The number of hydrogen-bond acceptors (Lipinski definition) is 4. The van der Waals surface area contributed by atoms with E-state index in [1.807, 2.05) is 18.2 Å². The van der Waals surface area contributed by atoms with Crippen LogP contribution in [0.2, 0.25) is 0 Å². The zero-order chi connectivity index (χ0) is 19.8. The number of carbonyl (C=O) groups excluding carboxylic acids is 1. The maximum Gasteiger partial charge on any atom is 0.265 e. The zero-order valence-corrected chi connectivity index (χ0v) is 15.9. The largest absolute Gasteiger partial charge is 0.373 e. The number of fused-ring (bicyclic) bond motifs is 1. The lowest BCUT2D eigenvalue weighted by molar-refractivity contribution is -0.0703. The molecule has 3 heterocycles. The lowest BCUT2D eigenvalue weighted by Crippen LogP contribution is -2.44. The van der Waals surface area contributed by atoms with Gasteiger partial charge in [0.05, 0.1) is 23.5 Å². The number of hydrogen-bond donors (Lipinski definition) is 3. The highest BCUT2D eigenvalue weighted by molar-refractivity contribution is 5.91. The average molecular weight is 379 g/mol. The molecule has 28 heavy (non-hydrogen) atoms. The average Bonchev–Trinajstić information content (AvgIpc) is 3.05. The summed E-state index contributed by atoms with van der Waals surface area (Å²) in [5.41, 5.74) is 8.04. The van der Waals surface area contributed by atoms with E-state index in [9.17, 15) is 9.59 Å². The smallest absolute Gasteiger partial charge is 0.265 e. The number of pyridine rings is 1. The molecule has 145 valence electrons. The fourth-order valence-corrected chi connectivity index (χ4v) is 3.91. The molecule has 1 aliphatic heterocycles. The highest BCUT2D eigenvalue weighted by Gasteiger charge is 2.23. The van der Waals surface area contributed by atoms with Gasteiger partial charge >= 0.3 is 0 Å². The molecule has 1 amide bonds. The minimum atomic E-state index is -0.712. The highest BCUT2D eigenvalue weighted by atomic mass is 16.5. The predicted molar refractivity (Wildman–Crippen MR) is 107 cm³/mol. The first-order chi connectivity index (χ1) is 13.4. The van der Waals surface area contributed by atoms with E-state index in [-0.39, 0.29) is 23.5 Å². The number of nitrogens with zero attached hydrogens (tertiary/aromatic N) is 1. The molecule has 4 rings (SSSR count). The summed E-state index contributed by atoms with van der Waals surface area (Å²) in [5, 5.41) is 1.07. The number of nitrogens with one attached hydrogen (secondary N) is 2. The van der Waals surface area contributed by atoms with Crippen LogP contribution in [0.25, 0.3) is 22.2 Å². The molecule has 0 aliphatic carbocycles. The Labute approximate surface area is 162 Å². The van der Waals surface area contributed by atoms with Crippen molar-refractivity contribution in [3.63, 3.8) is 0 Å². The Balaban J connectivity index is 1.68. The molecule has 1 fully saturated rings. The predicted octanol–water partition coefficient (Wildman–Crippen LogP) is 2.03. The molecule has 2 aromatic heterocycles. The molecule has 7 heteroatoms. The second-order valence-corrected chi connectivity index (χ2v) is 7.41. The minimum absolute atomic E-state index is 0.0268. The van der Waals surface area contributed by atoms with Crippen molar-refractivity contribution in [2.24, 2.45) is 5.73 Å². The lowest BCUT2D eigenvalue weighted by Gasteiger charge is -2.35. The molecular weight excluding hydrogens is 356 g/mol. The number of H-pyrrole nitrogens is 2. The molecule has 0 unspecified atom stereocenters. The van der Waals surface area contributed by atoms with Crippen LogP contribution >= 0.6 is 0 Å². The number of amides is 1. The lowest BCUT2D eigenvalue weighted by atomic mass is 10.1. The summed E-state index contributed by atoms with van der Waals surface area (Å²) < 4.78 is 5.82. The quantitative estimate of drug-likeness (QED) is 0.645. The van der Waals surface area contributed by atoms with E-state index in [0.717, 1.165) is 30.5 Å². The Kier molecular flexibility index (Phi) is 4.78. The number of primary amides is 1. The molecule has 1 aromatic carbocycles. The van der Waals surface area contributed by atoms with Crippen LogP contribution in [0.5, 0.6) is 0 Å². The van der Waals surface area contributed by atoms with Crippen molar-refractivity contribution in [3.8, 4) is 11.3 Å². The van der Waals surface area contributed by atoms with Gasteiger partial charge in [0.25, 0.3) is 11.5 Å². The molecule has 0 spiro atoms. The van der Waals surface area contributed by atoms with Crippen molar-refractivity contribution >= 4 is 16.8 Å². The standard InChI is InChI=1S/C21H23N4O3/c1-12-9-25(10-13(2)28-12)11-14-4-3-5-17-16(14)8-19(23-17)15-6-7-18(20(22)26)24-21(15)27/h3-6,8,12-13,23H,9-11H2,1-2H3,(H2,22,26)(H,24,27)/t12-,13+. The molecule has 7 nitrogen and oxygen atoms in total. The number of ether oxygens (including phenoxy) is 1. The van der Waals surface area contributed by atoms with E-state index < -0.39 is 5.91 Å². The minimum Gasteiger partial charge on any atom is -0.373 e. The van der Waals surface area contributed by atoms with Gasteiger partial charge in [0.15, 0.2) is 0 Å². The van der Waals surface area contributed by atoms with Crippen LogP contribution in [0, 0.1) is 6.07 Å². The maximum atomic E-state index is 12.4. The first-order valence-corrected chi connectivity index (χ1v) is 9.34. The molecular formula is C21H23N4O3. The third kappa shape index (κ3) is 3.58. The zero-order valence-electron chi connectivity index (χ0n) is 15.9. The van der Waals surface area contributed by atoms with Crippen LogP contribution in [-0.4, -0.2) is 46.1 Å². The summed E-state index contributed by atoms with van der Waals surface area (Å²) >= 11 is 0. The van der Waals surface area contributed by atoms with Gasteiger partial charge in [-0.25, -0.2) is 0 Å². The van der Waals surface area contributed by atoms with E-state index in [0.29, 0.717) is 11.3 Å². The Bertz CT molecular complexity index is 1070. The molecule has 1 radical (unpaired) electrons. The van der Waals surface area contributed by atoms with Crippen molar-refractivity contribution in [1.82, 2.24) is 14.9 Å². The van der Waals surface area contributed by atoms with Crippen LogP contribution in [0.1, 0.15) is 29.9 Å². The Hall–Kier alpha value is -2.90. The number of aromatic amines is 2. The number of aromatic nitrogens is 2. The third-order valence-corrected chi connectivity index (χ3v) is 5.02. The fourth-order valence-electron chi connectivity index (χ4n) is 3.91. The maximum absolute atomic E-state index is 12.4. The summed E-state index contributed by atoms with van der Waals surface area (Å²) in [4.78, 5) is 31.8. The fraction of sp³-hybridized carbons (Fsp3) is 0.333. The van der Waals surface area contributed by atoms with Crippen molar-refractivity contribution in [3.05, 3.63) is 58.0 Å². The number of carbonyl (C=O) groups is 1. The first kappa shape index (κ1) is 18.5. The Morgan fingerprint density at radius 2 is 2.04 bits per heavy atom. The summed E-state index contributed by atoms with van der Waals surface area (Å²) in [5.74, 6) is -0.712. The van der Waals surface area contributed by atoms with Gasteiger partial charge in [-0.2, -0.15) is 0 Å². The molecule has 1 aliphatic rings. The van der Waals surface area contributed by atoms with Gasteiger partial charge in [-0.1, -0.05) is 12.1 Å². The summed E-state index contributed by atoms with van der Waals surface area (Å²) in [6, 6.07) is 12.3. The van der Waals surface area contributed by atoms with Crippen LogP contribution < -0.4 is 11.3 Å². The van der Waals surface area contributed by atoms with Crippen molar-refractivity contribution in [2.75, 3.05) is 13.1 Å². The second-order valence-electron chi connectivity index (χ2n) is 7.41. The van der Waals surface area contributed by atoms with Gasteiger partial charge in [-0.3, -0.25) is 14.5 Å². The van der Waals surface area contributed by atoms with Gasteiger partial charge in [0.1, 0.15) is 5.69 Å². The molecule has 0 bridgehead atoms. The van der Waals surface area contributed by atoms with Crippen LogP contribution in [0.15, 0.2) is 35.1 Å². The van der Waals surface area contributed by atoms with Gasteiger partial charge in [-0.05, 0) is 37.6 Å². The molecule has 2 atom stereocenters. The SMILES string of the molecule is C[C@@H]1CN(Cc2cccc3[nH]c(-c4c[c]c(C(N)=O)[nH]c4=O)cc23)C[C@H](C)O1. The molecule has 3 aromatic rings. The first-order valence-electron chi connectivity index (χ1n) is 9.34. The monoisotopic (exact) mass is 379 g/mol. The summed E-state index contributed by atoms with van der Waals surface area (Å²) in [6.45, 7) is 6.78. The second kappa shape index (κ2) is 7.26. The normalized spacial score (nSPS) is 20.5. The van der Waals surface area contributed by atoms with Crippen molar-refractivity contribution in [2.45, 2.75) is 32.6 Å². The molecule has 0 saturated carbocycles. The van der Waals surface area contributed by atoms with Gasteiger partial charge in [0.2, 0.25) is 0 Å². The van der Waals surface area contributed by atoms with E-state index in [1.165, 1.54) is 11.6 Å². The van der Waals surface area contributed by atoms with Crippen LogP contribution in [-0.2, 0) is 11.3 Å². The Morgan fingerprint density at radius 3 is 2.71 bits per heavy atom. The number of morpholine rings is 1.